The summed E-state index contributed by atoms with van der Waals surface area (Å²) in [5.74, 6) is 3.07. The Morgan fingerprint density at radius 3 is 2.76 bits per heavy atom. The average Bonchev–Trinajstić information content (AvgIpc) is 2.73. The SMILES string of the molecule is CCNC(Cc1nc(C)cs1)C1CC2CC2C1. The number of hydrogen-bond acceptors (Lipinski definition) is 3. The lowest BCUT2D eigenvalue weighted by Crippen LogP contribution is -2.37. The van der Waals surface area contributed by atoms with Crippen molar-refractivity contribution in [2.75, 3.05) is 6.54 Å². The molecule has 1 heterocycles. The van der Waals surface area contributed by atoms with Crippen molar-refractivity contribution in [3.63, 3.8) is 0 Å². The van der Waals surface area contributed by atoms with Crippen LogP contribution in [0.3, 0.4) is 0 Å². The van der Waals surface area contributed by atoms with E-state index in [2.05, 4.69) is 29.5 Å². The Labute approximate surface area is 108 Å². The molecule has 3 rings (SSSR count). The van der Waals surface area contributed by atoms with E-state index in [1.165, 1.54) is 30.0 Å². The molecular weight excluding hydrogens is 228 g/mol. The summed E-state index contributed by atoms with van der Waals surface area (Å²) in [5, 5.41) is 7.18. The molecule has 17 heavy (non-hydrogen) atoms. The van der Waals surface area contributed by atoms with E-state index in [1.54, 1.807) is 0 Å². The molecule has 2 aliphatic rings. The summed E-state index contributed by atoms with van der Waals surface area (Å²) in [7, 11) is 0. The highest BCUT2D eigenvalue weighted by atomic mass is 32.1. The van der Waals surface area contributed by atoms with Gasteiger partial charge in [0.1, 0.15) is 0 Å². The van der Waals surface area contributed by atoms with Gasteiger partial charge in [-0.2, -0.15) is 0 Å². The number of rotatable bonds is 5. The number of thiazole rings is 1. The number of hydrogen-bond donors (Lipinski definition) is 1. The van der Waals surface area contributed by atoms with Crippen LogP contribution in [0, 0.1) is 24.7 Å². The highest BCUT2D eigenvalue weighted by molar-refractivity contribution is 7.09. The first-order chi connectivity index (χ1) is 8.26. The van der Waals surface area contributed by atoms with Gasteiger partial charge in [-0.1, -0.05) is 6.92 Å². The van der Waals surface area contributed by atoms with Crippen LogP contribution in [0.2, 0.25) is 0 Å². The van der Waals surface area contributed by atoms with E-state index < -0.39 is 0 Å². The number of nitrogens with zero attached hydrogens (tertiary/aromatic N) is 1. The standard InChI is InChI=1S/C14H22N2S/c1-3-15-13(7-14-16-9(2)8-17-14)12-5-10-4-11(10)6-12/h8,10-13,15H,3-7H2,1-2H3. The summed E-state index contributed by atoms with van der Waals surface area (Å²) in [6.07, 6.45) is 5.58. The fourth-order valence-corrected chi connectivity index (χ4v) is 4.27. The minimum Gasteiger partial charge on any atom is -0.314 e. The Kier molecular flexibility index (Phi) is 3.22. The average molecular weight is 250 g/mol. The molecule has 0 aliphatic heterocycles. The Hall–Kier alpha value is -0.410. The molecule has 3 atom stereocenters. The predicted molar refractivity (Wildman–Crippen MR) is 72.3 cm³/mol. The second kappa shape index (κ2) is 4.69. The van der Waals surface area contributed by atoms with Crippen molar-refractivity contribution in [1.29, 1.82) is 0 Å². The van der Waals surface area contributed by atoms with Crippen molar-refractivity contribution >= 4 is 11.3 Å². The molecule has 0 spiro atoms. The van der Waals surface area contributed by atoms with Crippen molar-refractivity contribution in [1.82, 2.24) is 10.3 Å². The Bertz CT molecular complexity index is 377. The van der Waals surface area contributed by atoms with Crippen molar-refractivity contribution in [3.8, 4) is 0 Å². The van der Waals surface area contributed by atoms with E-state index in [0.717, 1.165) is 30.7 Å². The molecule has 0 radical (unpaired) electrons. The summed E-state index contributed by atoms with van der Waals surface area (Å²) >= 11 is 1.82. The number of likely N-dealkylation sites (N-methyl/N-ethyl adjacent to an activating group) is 1. The normalized spacial score (nSPS) is 32.5. The molecule has 2 aliphatic carbocycles. The van der Waals surface area contributed by atoms with Gasteiger partial charge in [0.05, 0.1) is 5.01 Å². The van der Waals surface area contributed by atoms with Gasteiger partial charge >= 0.3 is 0 Å². The van der Waals surface area contributed by atoms with Crippen LogP contribution in [0.4, 0.5) is 0 Å². The topological polar surface area (TPSA) is 24.9 Å². The molecule has 3 unspecified atom stereocenters. The molecule has 1 aromatic rings. The van der Waals surface area contributed by atoms with Crippen LogP contribution in [0.15, 0.2) is 5.38 Å². The number of nitrogens with one attached hydrogen (secondary N) is 1. The predicted octanol–water partition coefficient (Wildman–Crippen LogP) is 3.02. The molecule has 0 saturated heterocycles. The van der Waals surface area contributed by atoms with Crippen LogP contribution in [-0.2, 0) is 6.42 Å². The molecule has 0 aromatic carbocycles. The number of fused-ring (bicyclic) bond motifs is 1. The van der Waals surface area contributed by atoms with E-state index in [-0.39, 0.29) is 0 Å². The van der Waals surface area contributed by atoms with Gasteiger partial charge in [-0.3, -0.25) is 0 Å². The second-order valence-electron chi connectivity index (χ2n) is 5.74. The zero-order chi connectivity index (χ0) is 11.8. The van der Waals surface area contributed by atoms with E-state index in [9.17, 15) is 0 Å². The lowest BCUT2D eigenvalue weighted by molar-refractivity contribution is 0.336. The third-order valence-electron chi connectivity index (χ3n) is 4.38. The maximum Gasteiger partial charge on any atom is 0.0943 e. The van der Waals surface area contributed by atoms with E-state index >= 15 is 0 Å². The zero-order valence-electron chi connectivity index (χ0n) is 10.8. The Morgan fingerprint density at radius 2 is 2.18 bits per heavy atom. The van der Waals surface area contributed by atoms with Gasteiger partial charge in [-0.05, 0) is 50.5 Å². The third kappa shape index (κ3) is 2.55. The molecule has 3 heteroatoms. The maximum absolute atomic E-state index is 4.61. The van der Waals surface area contributed by atoms with Crippen LogP contribution in [0.25, 0.3) is 0 Å². The summed E-state index contributed by atoms with van der Waals surface area (Å²) in [4.78, 5) is 4.61. The lowest BCUT2D eigenvalue weighted by atomic mass is 9.92. The van der Waals surface area contributed by atoms with Crippen LogP contribution in [0.1, 0.15) is 36.9 Å². The fraction of sp³-hybridized carbons (Fsp3) is 0.786. The van der Waals surface area contributed by atoms with E-state index in [4.69, 9.17) is 0 Å². The van der Waals surface area contributed by atoms with Gasteiger partial charge < -0.3 is 5.32 Å². The molecule has 0 bridgehead atoms. The molecule has 1 aromatic heterocycles. The Balaban J connectivity index is 1.63. The van der Waals surface area contributed by atoms with Gasteiger partial charge in [-0.15, -0.1) is 11.3 Å². The largest absolute Gasteiger partial charge is 0.314 e. The van der Waals surface area contributed by atoms with Gasteiger partial charge in [0, 0.05) is 23.5 Å². The smallest absolute Gasteiger partial charge is 0.0943 e. The van der Waals surface area contributed by atoms with Crippen molar-refractivity contribution in [2.45, 2.75) is 45.6 Å². The first-order valence-corrected chi connectivity index (χ1v) is 7.78. The van der Waals surface area contributed by atoms with Crippen LogP contribution >= 0.6 is 11.3 Å². The van der Waals surface area contributed by atoms with E-state index in [1.807, 2.05) is 11.3 Å². The fourth-order valence-electron chi connectivity index (χ4n) is 3.44. The monoisotopic (exact) mass is 250 g/mol. The van der Waals surface area contributed by atoms with Gasteiger partial charge in [-0.25, -0.2) is 4.98 Å². The molecular formula is C14H22N2S. The molecule has 2 saturated carbocycles. The van der Waals surface area contributed by atoms with Crippen molar-refractivity contribution in [2.24, 2.45) is 17.8 Å². The van der Waals surface area contributed by atoms with Crippen LogP contribution in [0.5, 0.6) is 0 Å². The molecule has 1 N–H and O–H groups in total. The van der Waals surface area contributed by atoms with Crippen LogP contribution in [-0.4, -0.2) is 17.6 Å². The summed E-state index contributed by atoms with van der Waals surface area (Å²) in [6.45, 7) is 5.39. The van der Waals surface area contributed by atoms with Gasteiger partial charge in [0.15, 0.2) is 0 Å². The zero-order valence-corrected chi connectivity index (χ0v) is 11.6. The van der Waals surface area contributed by atoms with Crippen molar-refractivity contribution < 1.29 is 0 Å². The summed E-state index contributed by atoms with van der Waals surface area (Å²) in [6, 6.07) is 0.665. The number of aryl methyl sites for hydroxylation is 1. The molecule has 94 valence electrons. The summed E-state index contributed by atoms with van der Waals surface area (Å²) < 4.78 is 0. The molecule has 0 amide bonds. The summed E-state index contributed by atoms with van der Waals surface area (Å²) in [5.41, 5.74) is 1.18. The Morgan fingerprint density at radius 1 is 1.41 bits per heavy atom. The first kappa shape index (κ1) is 11.7. The third-order valence-corrected chi connectivity index (χ3v) is 5.37. The number of aromatic nitrogens is 1. The highest BCUT2D eigenvalue weighted by Crippen LogP contribution is 2.55. The minimum atomic E-state index is 0.665. The van der Waals surface area contributed by atoms with Crippen molar-refractivity contribution in [3.05, 3.63) is 16.1 Å². The van der Waals surface area contributed by atoms with Gasteiger partial charge in [0.2, 0.25) is 0 Å². The quantitative estimate of drug-likeness (QED) is 0.869. The van der Waals surface area contributed by atoms with E-state index in [0.29, 0.717) is 6.04 Å². The first-order valence-electron chi connectivity index (χ1n) is 6.90. The van der Waals surface area contributed by atoms with Gasteiger partial charge in [0.25, 0.3) is 0 Å². The minimum absolute atomic E-state index is 0.665. The second-order valence-corrected chi connectivity index (χ2v) is 6.68. The maximum atomic E-state index is 4.61. The van der Waals surface area contributed by atoms with Crippen LogP contribution < -0.4 is 5.32 Å². The highest BCUT2D eigenvalue weighted by Gasteiger charge is 2.47. The molecule has 2 nitrogen and oxygen atoms in total. The lowest BCUT2D eigenvalue weighted by Gasteiger charge is -2.24. The molecule has 2 fully saturated rings.